The first kappa shape index (κ1) is 19.1. The molecule has 0 aromatic carbocycles. The van der Waals surface area contributed by atoms with E-state index < -0.39 is 0 Å². The Bertz CT molecular complexity index is 753. The molecule has 1 aromatic heterocycles. The number of fused-ring (bicyclic) bond motifs is 4. The minimum atomic E-state index is -0.134. The number of rotatable bonds is 5. The highest BCUT2D eigenvalue weighted by atomic mass is 16.5. The molecular formula is C22H32N4O3. The van der Waals surface area contributed by atoms with Crippen LogP contribution in [0.3, 0.4) is 0 Å². The van der Waals surface area contributed by atoms with E-state index >= 15 is 0 Å². The maximum atomic E-state index is 13.0. The van der Waals surface area contributed by atoms with Crippen molar-refractivity contribution in [3.8, 4) is 0 Å². The second kappa shape index (κ2) is 8.09. The quantitative estimate of drug-likeness (QED) is 0.793. The maximum absolute atomic E-state index is 13.0. The molecule has 3 aliphatic heterocycles. The number of carbonyl (C=O) groups excluding carboxylic acids is 2. The van der Waals surface area contributed by atoms with Gasteiger partial charge in [-0.05, 0) is 69.9 Å². The van der Waals surface area contributed by atoms with E-state index in [-0.39, 0.29) is 18.0 Å². The van der Waals surface area contributed by atoms with Crippen LogP contribution in [0.2, 0.25) is 0 Å². The van der Waals surface area contributed by atoms with Crippen molar-refractivity contribution in [1.82, 2.24) is 20.7 Å². The molecule has 2 saturated carbocycles. The molecule has 2 N–H and O–H groups in total. The van der Waals surface area contributed by atoms with Crippen LogP contribution < -0.4 is 10.6 Å². The zero-order valence-corrected chi connectivity index (χ0v) is 17.1. The smallest absolute Gasteiger partial charge is 0.273 e. The van der Waals surface area contributed by atoms with Crippen LogP contribution in [0.1, 0.15) is 80.0 Å². The summed E-state index contributed by atoms with van der Waals surface area (Å²) in [6, 6.07) is 2.18. The van der Waals surface area contributed by atoms with Gasteiger partial charge in [0.2, 0.25) is 5.91 Å². The van der Waals surface area contributed by atoms with Gasteiger partial charge in [0, 0.05) is 37.0 Å². The SMILES string of the molecule is O=C(NC1CC2CCCC1CN2C(=O)CC1CCNCC1)c1cc(C2CC2)on1. The molecule has 2 amide bonds. The molecule has 3 saturated heterocycles. The Labute approximate surface area is 171 Å². The van der Waals surface area contributed by atoms with E-state index in [1.807, 2.05) is 0 Å². The van der Waals surface area contributed by atoms with Crippen LogP contribution in [0.25, 0.3) is 0 Å². The molecular weight excluding hydrogens is 368 g/mol. The predicted octanol–water partition coefficient (Wildman–Crippen LogP) is 2.44. The summed E-state index contributed by atoms with van der Waals surface area (Å²) in [6.07, 6.45) is 9.27. The highest BCUT2D eigenvalue weighted by Crippen LogP contribution is 2.40. The average Bonchev–Trinajstić information content (AvgIpc) is 3.52. The van der Waals surface area contributed by atoms with E-state index in [1.165, 1.54) is 0 Å². The molecule has 7 nitrogen and oxygen atoms in total. The lowest BCUT2D eigenvalue weighted by molar-refractivity contribution is -0.137. The first-order chi connectivity index (χ1) is 14.2. The summed E-state index contributed by atoms with van der Waals surface area (Å²) in [7, 11) is 0. The molecule has 158 valence electrons. The van der Waals surface area contributed by atoms with Gasteiger partial charge in [0.15, 0.2) is 5.69 Å². The van der Waals surface area contributed by atoms with Gasteiger partial charge in [0.05, 0.1) is 0 Å². The van der Waals surface area contributed by atoms with Crippen molar-refractivity contribution < 1.29 is 14.1 Å². The van der Waals surface area contributed by atoms with Gasteiger partial charge in [-0.1, -0.05) is 11.6 Å². The molecule has 3 unspecified atom stereocenters. The summed E-state index contributed by atoms with van der Waals surface area (Å²) < 4.78 is 5.34. The molecule has 2 aliphatic carbocycles. The lowest BCUT2D eigenvalue weighted by Gasteiger charge is -2.42. The van der Waals surface area contributed by atoms with Crippen LogP contribution in [0.15, 0.2) is 10.6 Å². The fraction of sp³-hybridized carbons (Fsp3) is 0.773. The highest BCUT2D eigenvalue weighted by Gasteiger charge is 2.41. The molecule has 1 aromatic rings. The monoisotopic (exact) mass is 400 g/mol. The van der Waals surface area contributed by atoms with E-state index in [2.05, 4.69) is 20.7 Å². The van der Waals surface area contributed by atoms with Crippen LogP contribution in [-0.4, -0.2) is 53.6 Å². The van der Waals surface area contributed by atoms with Gasteiger partial charge >= 0.3 is 0 Å². The molecule has 5 aliphatic rings. The molecule has 7 heteroatoms. The standard InChI is InChI=1S/C22H32N4O3/c27-21(10-14-6-8-23-9-7-14)26-13-16-2-1-3-17(26)11-18(16)24-22(28)19-12-20(29-25-19)15-4-5-15/h12,14-18,23H,1-11,13H2,(H,24,28). The molecule has 0 radical (unpaired) electrons. The maximum Gasteiger partial charge on any atom is 0.273 e. The third-order valence-corrected chi connectivity index (χ3v) is 7.38. The zero-order valence-electron chi connectivity index (χ0n) is 17.1. The number of hydrogen-bond acceptors (Lipinski definition) is 5. The minimum Gasteiger partial charge on any atom is -0.360 e. The van der Waals surface area contributed by atoms with E-state index in [0.717, 1.165) is 76.8 Å². The summed E-state index contributed by atoms with van der Waals surface area (Å²) in [4.78, 5) is 27.9. The van der Waals surface area contributed by atoms with Gasteiger partial charge < -0.3 is 20.1 Å². The van der Waals surface area contributed by atoms with E-state index in [9.17, 15) is 9.59 Å². The van der Waals surface area contributed by atoms with Gasteiger partial charge in [-0.3, -0.25) is 9.59 Å². The van der Waals surface area contributed by atoms with Gasteiger partial charge in [0.1, 0.15) is 5.76 Å². The fourth-order valence-corrected chi connectivity index (χ4v) is 5.45. The van der Waals surface area contributed by atoms with Crippen LogP contribution in [0.5, 0.6) is 0 Å². The van der Waals surface area contributed by atoms with Crippen molar-refractivity contribution in [2.24, 2.45) is 11.8 Å². The Morgan fingerprint density at radius 1 is 1.17 bits per heavy atom. The Kier molecular flexibility index (Phi) is 5.33. The first-order valence-electron chi connectivity index (χ1n) is 11.4. The van der Waals surface area contributed by atoms with Crippen molar-refractivity contribution in [3.63, 3.8) is 0 Å². The molecule has 3 atom stereocenters. The van der Waals surface area contributed by atoms with Crippen LogP contribution in [0.4, 0.5) is 0 Å². The number of nitrogens with zero attached hydrogens (tertiary/aromatic N) is 2. The number of amides is 2. The number of piperidine rings is 2. The molecule has 29 heavy (non-hydrogen) atoms. The van der Waals surface area contributed by atoms with Gasteiger partial charge in [-0.25, -0.2) is 0 Å². The topological polar surface area (TPSA) is 87.5 Å². The number of nitrogens with one attached hydrogen (secondary N) is 2. The Morgan fingerprint density at radius 2 is 2.00 bits per heavy atom. The number of carbonyl (C=O) groups is 2. The molecule has 5 fully saturated rings. The lowest BCUT2D eigenvalue weighted by atomic mass is 9.87. The first-order valence-corrected chi connectivity index (χ1v) is 11.4. The summed E-state index contributed by atoms with van der Waals surface area (Å²) >= 11 is 0. The van der Waals surface area contributed by atoms with Crippen molar-refractivity contribution in [1.29, 1.82) is 0 Å². The Hall–Kier alpha value is -1.89. The third kappa shape index (κ3) is 4.20. The summed E-state index contributed by atoms with van der Waals surface area (Å²) in [6.45, 7) is 2.84. The van der Waals surface area contributed by atoms with Crippen LogP contribution in [-0.2, 0) is 4.79 Å². The van der Waals surface area contributed by atoms with E-state index in [1.54, 1.807) is 6.07 Å². The fourth-order valence-electron chi connectivity index (χ4n) is 5.45. The van der Waals surface area contributed by atoms with Crippen LogP contribution in [0, 0.1) is 11.8 Å². The number of hydrogen-bond donors (Lipinski definition) is 2. The van der Waals surface area contributed by atoms with Gasteiger partial charge in [-0.2, -0.15) is 0 Å². The molecule has 0 spiro atoms. The van der Waals surface area contributed by atoms with Crippen molar-refractivity contribution >= 4 is 11.8 Å². The van der Waals surface area contributed by atoms with E-state index in [4.69, 9.17) is 4.52 Å². The van der Waals surface area contributed by atoms with Crippen molar-refractivity contribution in [2.75, 3.05) is 19.6 Å². The number of aromatic nitrogens is 1. The van der Waals surface area contributed by atoms with E-state index in [0.29, 0.717) is 35.8 Å². The van der Waals surface area contributed by atoms with Crippen molar-refractivity contribution in [2.45, 2.75) is 75.8 Å². The van der Waals surface area contributed by atoms with Crippen LogP contribution >= 0.6 is 0 Å². The lowest BCUT2D eigenvalue weighted by Crippen LogP contribution is -2.55. The predicted molar refractivity (Wildman–Crippen MR) is 107 cm³/mol. The highest BCUT2D eigenvalue weighted by molar-refractivity contribution is 5.92. The Morgan fingerprint density at radius 3 is 2.79 bits per heavy atom. The summed E-state index contributed by atoms with van der Waals surface area (Å²) in [5.41, 5.74) is 0.394. The largest absolute Gasteiger partial charge is 0.360 e. The molecule has 2 bridgehead atoms. The third-order valence-electron chi connectivity index (χ3n) is 7.38. The molecule has 6 rings (SSSR count). The minimum absolute atomic E-state index is 0.124. The Balaban J connectivity index is 1.20. The van der Waals surface area contributed by atoms with Crippen molar-refractivity contribution in [3.05, 3.63) is 17.5 Å². The zero-order chi connectivity index (χ0) is 19.8. The van der Waals surface area contributed by atoms with Gasteiger partial charge in [0.25, 0.3) is 5.91 Å². The summed E-state index contributed by atoms with van der Waals surface area (Å²) in [5, 5.41) is 10.6. The molecule has 4 heterocycles. The average molecular weight is 401 g/mol. The second-order valence-electron chi connectivity index (χ2n) is 9.49. The normalized spacial score (nSPS) is 30.2. The van der Waals surface area contributed by atoms with Gasteiger partial charge in [-0.15, -0.1) is 0 Å². The second-order valence-corrected chi connectivity index (χ2v) is 9.49. The summed E-state index contributed by atoms with van der Waals surface area (Å²) in [5.74, 6) is 2.35.